The maximum Gasteiger partial charge on any atom is 0.341 e. The minimum atomic E-state index is -3.48. The van der Waals surface area contributed by atoms with Crippen molar-refractivity contribution in [2.75, 3.05) is 18.1 Å². The lowest BCUT2D eigenvalue weighted by Crippen LogP contribution is -2.18. The molecule has 1 rings (SSSR count). The van der Waals surface area contributed by atoms with Crippen LogP contribution < -0.4 is 5.14 Å². The molecule has 19 heavy (non-hydrogen) atoms. The van der Waals surface area contributed by atoms with Gasteiger partial charge in [0, 0.05) is 11.9 Å². The summed E-state index contributed by atoms with van der Waals surface area (Å²) < 4.78 is 26.4. The fourth-order valence-corrected chi connectivity index (χ4v) is 2.95. The van der Waals surface area contributed by atoms with E-state index >= 15 is 0 Å². The third-order valence-corrected chi connectivity index (χ3v) is 3.95. The number of primary sulfonamides is 1. The second kappa shape index (κ2) is 6.83. The topological polar surface area (TPSA) is 112 Å². The van der Waals surface area contributed by atoms with Crippen LogP contribution in [0.15, 0.2) is 11.4 Å². The first-order valence-corrected chi connectivity index (χ1v) is 8.17. The standard InChI is InChI=1S/C10H15N3O4S2/c1-3-17-9(14)8-6-12-10(13-7(8)2)18-4-5-19(11,15)16/h6H,3-5H2,1-2H3,(H2,11,15,16). The van der Waals surface area contributed by atoms with E-state index < -0.39 is 16.0 Å². The van der Waals surface area contributed by atoms with Gasteiger partial charge in [-0.05, 0) is 13.8 Å². The van der Waals surface area contributed by atoms with E-state index in [9.17, 15) is 13.2 Å². The van der Waals surface area contributed by atoms with E-state index in [0.29, 0.717) is 16.4 Å². The smallest absolute Gasteiger partial charge is 0.341 e. The molecule has 0 radical (unpaired) electrons. The molecule has 0 saturated carbocycles. The Kier molecular flexibility index (Phi) is 5.70. The highest BCUT2D eigenvalue weighted by Gasteiger charge is 2.13. The highest BCUT2D eigenvalue weighted by molar-refractivity contribution is 8.00. The van der Waals surface area contributed by atoms with E-state index in [4.69, 9.17) is 9.88 Å². The van der Waals surface area contributed by atoms with Gasteiger partial charge in [0.2, 0.25) is 10.0 Å². The number of nitrogens with zero attached hydrogens (tertiary/aromatic N) is 2. The van der Waals surface area contributed by atoms with Gasteiger partial charge in [0.15, 0.2) is 5.16 Å². The summed E-state index contributed by atoms with van der Waals surface area (Å²) in [5, 5.41) is 5.28. The van der Waals surface area contributed by atoms with Crippen molar-refractivity contribution >= 4 is 27.8 Å². The van der Waals surface area contributed by atoms with E-state index in [1.165, 1.54) is 6.20 Å². The number of aryl methyl sites for hydroxylation is 1. The zero-order chi connectivity index (χ0) is 14.5. The number of aromatic nitrogens is 2. The second-order valence-corrected chi connectivity index (χ2v) is 6.38. The number of esters is 1. The van der Waals surface area contributed by atoms with Gasteiger partial charge >= 0.3 is 5.97 Å². The Hall–Kier alpha value is -1.19. The minimum Gasteiger partial charge on any atom is -0.462 e. The lowest BCUT2D eigenvalue weighted by Gasteiger charge is -2.05. The first kappa shape index (κ1) is 15.9. The highest BCUT2D eigenvalue weighted by Crippen LogP contribution is 2.15. The van der Waals surface area contributed by atoms with Gasteiger partial charge in [-0.2, -0.15) is 0 Å². The number of hydrogen-bond donors (Lipinski definition) is 1. The van der Waals surface area contributed by atoms with Crippen LogP contribution in [0.4, 0.5) is 0 Å². The molecule has 0 amide bonds. The maximum atomic E-state index is 11.5. The summed E-state index contributed by atoms with van der Waals surface area (Å²) in [5.74, 6) is -0.363. The van der Waals surface area contributed by atoms with Crippen LogP contribution in [0.5, 0.6) is 0 Å². The van der Waals surface area contributed by atoms with Crippen LogP contribution in [0.3, 0.4) is 0 Å². The van der Waals surface area contributed by atoms with Crippen molar-refractivity contribution in [2.24, 2.45) is 5.14 Å². The number of carbonyl (C=O) groups excluding carboxylic acids is 1. The molecule has 0 aromatic carbocycles. The molecule has 1 heterocycles. The molecule has 0 saturated heterocycles. The fourth-order valence-electron chi connectivity index (χ4n) is 1.17. The molecule has 0 atom stereocenters. The third kappa shape index (κ3) is 5.53. The largest absolute Gasteiger partial charge is 0.462 e. The van der Waals surface area contributed by atoms with E-state index in [-0.39, 0.29) is 18.1 Å². The summed E-state index contributed by atoms with van der Waals surface area (Å²) in [6.45, 7) is 3.66. The fraction of sp³-hybridized carbons (Fsp3) is 0.500. The molecule has 0 aliphatic heterocycles. The van der Waals surface area contributed by atoms with Crippen molar-refractivity contribution in [3.63, 3.8) is 0 Å². The molecule has 0 fully saturated rings. The van der Waals surface area contributed by atoms with Crippen molar-refractivity contribution in [2.45, 2.75) is 19.0 Å². The first-order chi connectivity index (χ1) is 8.83. The van der Waals surface area contributed by atoms with E-state index in [2.05, 4.69) is 9.97 Å². The summed E-state index contributed by atoms with van der Waals surface area (Å²) in [6, 6.07) is 0. The van der Waals surface area contributed by atoms with Crippen LogP contribution in [0, 0.1) is 6.92 Å². The van der Waals surface area contributed by atoms with Gasteiger partial charge in [-0.15, -0.1) is 0 Å². The highest BCUT2D eigenvalue weighted by atomic mass is 32.2. The van der Waals surface area contributed by atoms with Crippen molar-refractivity contribution in [3.8, 4) is 0 Å². The number of rotatable bonds is 6. The molecule has 1 aromatic heterocycles. The van der Waals surface area contributed by atoms with Gasteiger partial charge in [-0.1, -0.05) is 11.8 Å². The molecule has 0 unspecified atom stereocenters. The molecule has 0 aliphatic rings. The van der Waals surface area contributed by atoms with Gasteiger partial charge < -0.3 is 4.74 Å². The number of nitrogens with two attached hydrogens (primary N) is 1. The van der Waals surface area contributed by atoms with Crippen LogP contribution in [0.2, 0.25) is 0 Å². The Morgan fingerprint density at radius 2 is 2.21 bits per heavy atom. The Morgan fingerprint density at radius 1 is 1.53 bits per heavy atom. The second-order valence-electron chi connectivity index (χ2n) is 3.59. The van der Waals surface area contributed by atoms with Crippen molar-refractivity contribution in [1.82, 2.24) is 9.97 Å². The molecule has 106 valence electrons. The summed E-state index contributed by atoms with van der Waals surface area (Å²) >= 11 is 1.16. The van der Waals surface area contributed by atoms with Crippen molar-refractivity contribution < 1.29 is 17.9 Å². The molecule has 9 heteroatoms. The van der Waals surface area contributed by atoms with Crippen LogP contribution >= 0.6 is 11.8 Å². The van der Waals surface area contributed by atoms with Crippen molar-refractivity contribution in [1.29, 1.82) is 0 Å². The quantitative estimate of drug-likeness (QED) is 0.458. The third-order valence-electron chi connectivity index (χ3n) is 2.05. The molecule has 7 nitrogen and oxygen atoms in total. The van der Waals surface area contributed by atoms with Gasteiger partial charge in [-0.25, -0.2) is 28.3 Å². The normalized spacial score (nSPS) is 11.3. The summed E-state index contributed by atoms with van der Waals surface area (Å²) in [4.78, 5) is 19.6. The van der Waals surface area contributed by atoms with E-state index in [0.717, 1.165) is 11.8 Å². The monoisotopic (exact) mass is 305 g/mol. The Morgan fingerprint density at radius 3 is 2.74 bits per heavy atom. The van der Waals surface area contributed by atoms with Crippen molar-refractivity contribution in [3.05, 3.63) is 17.5 Å². The molecule has 0 aliphatic carbocycles. The predicted molar refractivity (Wildman–Crippen MR) is 71.4 cm³/mol. The van der Waals surface area contributed by atoms with Crippen LogP contribution in [-0.4, -0.2) is 42.5 Å². The Bertz CT molecular complexity index is 560. The molecule has 2 N–H and O–H groups in total. The predicted octanol–water partition coefficient (Wildman–Crippen LogP) is 0.342. The average molecular weight is 305 g/mol. The van der Waals surface area contributed by atoms with Crippen LogP contribution in [0.25, 0.3) is 0 Å². The zero-order valence-electron chi connectivity index (χ0n) is 10.6. The number of ether oxygens (including phenoxy) is 1. The average Bonchev–Trinajstić information content (AvgIpc) is 2.27. The van der Waals surface area contributed by atoms with Crippen LogP contribution in [0.1, 0.15) is 23.0 Å². The number of carbonyl (C=O) groups is 1. The van der Waals surface area contributed by atoms with E-state index in [1.807, 2.05) is 0 Å². The SMILES string of the molecule is CCOC(=O)c1cnc(SCCS(N)(=O)=O)nc1C. The molecular formula is C10H15N3O4S2. The Balaban J connectivity index is 2.69. The van der Waals surface area contributed by atoms with Gasteiger partial charge in [0.25, 0.3) is 0 Å². The molecule has 1 aromatic rings. The van der Waals surface area contributed by atoms with Gasteiger partial charge in [0.1, 0.15) is 0 Å². The molecule has 0 bridgehead atoms. The first-order valence-electron chi connectivity index (χ1n) is 5.47. The maximum absolute atomic E-state index is 11.5. The van der Waals surface area contributed by atoms with Gasteiger partial charge in [0.05, 0.1) is 23.6 Å². The lowest BCUT2D eigenvalue weighted by molar-refractivity contribution is 0.0524. The number of hydrogen-bond acceptors (Lipinski definition) is 7. The van der Waals surface area contributed by atoms with E-state index in [1.54, 1.807) is 13.8 Å². The lowest BCUT2D eigenvalue weighted by atomic mass is 10.2. The molecular weight excluding hydrogens is 290 g/mol. The number of thioether (sulfide) groups is 1. The minimum absolute atomic E-state index is 0.153. The van der Waals surface area contributed by atoms with Gasteiger partial charge in [-0.3, -0.25) is 0 Å². The zero-order valence-corrected chi connectivity index (χ0v) is 12.3. The summed E-state index contributed by atoms with van der Waals surface area (Å²) in [6.07, 6.45) is 1.37. The number of sulfonamides is 1. The molecule has 0 spiro atoms. The van der Waals surface area contributed by atoms with Crippen LogP contribution in [-0.2, 0) is 14.8 Å². The summed E-state index contributed by atoms with van der Waals surface area (Å²) in [5.41, 5.74) is 0.796. The summed E-state index contributed by atoms with van der Waals surface area (Å²) in [7, 11) is -3.48. The Labute approximate surface area is 116 Å².